The number of hydrogen-bond donors (Lipinski definition) is 0. The first kappa shape index (κ1) is 33.0. The summed E-state index contributed by atoms with van der Waals surface area (Å²) in [4.78, 5) is 0. The third-order valence-corrected chi connectivity index (χ3v) is 100. The molecule has 198 valence electrons. The van der Waals surface area contributed by atoms with Crippen molar-refractivity contribution in [2.75, 3.05) is 0 Å². The van der Waals surface area contributed by atoms with Crippen molar-refractivity contribution in [2.24, 2.45) is 0 Å². The zero-order valence-electron chi connectivity index (χ0n) is 27.2. The fourth-order valence-electron chi connectivity index (χ4n) is 5.42. The highest BCUT2D eigenvalue weighted by molar-refractivity contribution is 7.71. The Balaban J connectivity index is 4.30. The van der Waals surface area contributed by atoms with Crippen LogP contribution in [0.5, 0.6) is 0 Å². The van der Waals surface area contributed by atoms with E-state index < -0.39 is 60.7 Å². The summed E-state index contributed by atoms with van der Waals surface area (Å²) < 4.78 is 0. The summed E-state index contributed by atoms with van der Waals surface area (Å²) in [6.45, 7) is 54.1. The molecule has 0 fully saturated rings. The van der Waals surface area contributed by atoms with Crippen LogP contribution < -0.4 is 20.7 Å². The van der Waals surface area contributed by atoms with Gasteiger partial charge < -0.3 is 0 Å². The molecule has 0 spiro atoms. The van der Waals surface area contributed by atoms with Crippen LogP contribution in [0.4, 0.5) is 0 Å². The standard InChI is InChI=1S/C26H62Si8/c1-27(2,3)23-21-26(32(15,16)34(19,20)30(10,11)12)24(28(4,5)6)22-25(23)31(13,14)33(17,18)29(7,8)9/h21-22H,1-20H3. The van der Waals surface area contributed by atoms with E-state index in [1.54, 1.807) is 0 Å². The molecule has 0 atom stereocenters. The maximum absolute atomic E-state index is 2.92. The maximum atomic E-state index is 2.92. The van der Waals surface area contributed by atoms with Gasteiger partial charge in [-0.3, -0.25) is 0 Å². The molecule has 0 saturated carbocycles. The normalized spacial score (nSPS) is 15.6. The Kier molecular flexibility index (Phi) is 9.03. The zero-order chi connectivity index (χ0) is 27.7. The Hall–Kier alpha value is 0.955. The van der Waals surface area contributed by atoms with Crippen molar-refractivity contribution in [1.82, 2.24) is 0 Å². The van der Waals surface area contributed by atoms with Gasteiger partial charge in [0.1, 0.15) is 0 Å². The van der Waals surface area contributed by atoms with E-state index in [1.165, 1.54) is 0 Å². The molecule has 1 aromatic carbocycles. The summed E-state index contributed by atoms with van der Waals surface area (Å²) >= 11 is 0. The van der Waals surface area contributed by atoms with Crippen molar-refractivity contribution >= 4 is 81.5 Å². The van der Waals surface area contributed by atoms with Crippen molar-refractivity contribution in [2.45, 2.75) is 131 Å². The van der Waals surface area contributed by atoms with Crippen molar-refractivity contribution in [3.05, 3.63) is 12.1 Å². The predicted molar refractivity (Wildman–Crippen MR) is 188 cm³/mol. The minimum atomic E-state index is -1.58. The molecule has 1 rings (SSSR count). The van der Waals surface area contributed by atoms with E-state index >= 15 is 0 Å². The second-order valence-electron chi connectivity index (χ2n) is 17.4. The third kappa shape index (κ3) is 5.68. The molecule has 0 N–H and O–H groups in total. The number of hydrogen-bond acceptors (Lipinski definition) is 0. The highest BCUT2D eigenvalue weighted by atomic mass is 29.6. The number of rotatable bonds is 8. The van der Waals surface area contributed by atoms with Crippen LogP contribution in [0, 0.1) is 0 Å². The van der Waals surface area contributed by atoms with Crippen molar-refractivity contribution in [1.29, 1.82) is 0 Å². The quantitative estimate of drug-likeness (QED) is 0.282. The molecular weight excluding hydrogens is 537 g/mol. The van der Waals surface area contributed by atoms with Gasteiger partial charge in [0.15, 0.2) is 0 Å². The van der Waals surface area contributed by atoms with Gasteiger partial charge in [0, 0.05) is 29.4 Å². The lowest BCUT2D eigenvalue weighted by Gasteiger charge is -2.51. The summed E-state index contributed by atoms with van der Waals surface area (Å²) in [6.07, 6.45) is 0. The Bertz CT molecular complexity index is 823. The topological polar surface area (TPSA) is 0 Å². The summed E-state index contributed by atoms with van der Waals surface area (Å²) in [5.41, 5.74) is 0. The molecule has 0 radical (unpaired) electrons. The maximum Gasteiger partial charge on any atom is 0.0774 e. The van der Waals surface area contributed by atoms with Crippen LogP contribution in [0.25, 0.3) is 0 Å². The molecule has 0 aromatic heterocycles. The SMILES string of the molecule is C[Si](C)(C)c1cc([Si](C)(C)[Si](C)(C)[Si](C)(C)C)c([Si](C)(C)C)cc1[Si](C)(C)[Si](C)(C)[Si](C)(C)C. The van der Waals surface area contributed by atoms with E-state index in [1.807, 2.05) is 20.7 Å². The van der Waals surface area contributed by atoms with Gasteiger partial charge in [-0.1, -0.05) is 164 Å². The van der Waals surface area contributed by atoms with Crippen molar-refractivity contribution in [3.8, 4) is 0 Å². The van der Waals surface area contributed by atoms with Gasteiger partial charge in [-0.15, -0.1) is 0 Å². The number of benzene rings is 1. The molecular formula is C26H62Si8. The lowest BCUT2D eigenvalue weighted by atomic mass is 10.3. The van der Waals surface area contributed by atoms with Crippen LogP contribution in [0.2, 0.25) is 131 Å². The average Bonchev–Trinajstić information content (AvgIpc) is 2.56. The van der Waals surface area contributed by atoms with Crippen LogP contribution in [0.1, 0.15) is 0 Å². The molecule has 1 aromatic rings. The molecule has 0 saturated heterocycles. The van der Waals surface area contributed by atoms with Gasteiger partial charge >= 0.3 is 0 Å². The van der Waals surface area contributed by atoms with Gasteiger partial charge in [0.25, 0.3) is 0 Å². The Morgan fingerprint density at radius 1 is 0.324 bits per heavy atom. The van der Waals surface area contributed by atoms with E-state index in [9.17, 15) is 0 Å². The molecule has 0 aliphatic carbocycles. The van der Waals surface area contributed by atoms with E-state index in [-0.39, 0.29) is 0 Å². The summed E-state index contributed by atoms with van der Waals surface area (Å²) in [6, 6.07) is 5.83. The van der Waals surface area contributed by atoms with Crippen LogP contribution in [0.15, 0.2) is 12.1 Å². The van der Waals surface area contributed by atoms with Gasteiger partial charge in [-0.25, -0.2) is 0 Å². The second kappa shape index (κ2) is 9.30. The Labute approximate surface area is 223 Å². The van der Waals surface area contributed by atoms with Crippen molar-refractivity contribution < 1.29 is 0 Å². The molecule has 34 heavy (non-hydrogen) atoms. The average molecular weight is 599 g/mol. The van der Waals surface area contributed by atoms with Crippen LogP contribution in [-0.4, -0.2) is 60.7 Å². The van der Waals surface area contributed by atoms with E-state index in [4.69, 9.17) is 0 Å². The molecule has 0 heterocycles. The molecule has 0 aliphatic heterocycles. The smallest absolute Gasteiger partial charge is 0.0728 e. The first-order valence-corrected chi connectivity index (χ1v) is 43.7. The minimum absolute atomic E-state index is 1.20. The molecule has 0 amide bonds. The fourth-order valence-corrected chi connectivity index (χ4v) is 73.8. The van der Waals surface area contributed by atoms with Crippen LogP contribution in [-0.2, 0) is 0 Å². The lowest BCUT2D eigenvalue weighted by molar-refractivity contribution is 1.66. The highest BCUT2D eigenvalue weighted by Crippen LogP contribution is 2.31. The first-order valence-electron chi connectivity index (χ1n) is 13.7. The van der Waals surface area contributed by atoms with Crippen LogP contribution in [0.3, 0.4) is 0 Å². The highest BCUT2D eigenvalue weighted by Gasteiger charge is 2.54. The van der Waals surface area contributed by atoms with E-state index in [2.05, 4.69) is 143 Å². The predicted octanol–water partition coefficient (Wildman–Crippen LogP) is 7.01. The van der Waals surface area contributed by atoms with E-state index in [0.717, 1.165) is 0 Å². The Morgan fingerprint density at radius 3 is 0.676 bits per heavy atom. The van der Waals surface area contributed by atoms with Gasteiger partial charge in [0.2, 0.25) is 0 Å². The van der Waals surface area contributed by atoms with Crippen molar-refractivity contribution in [3.63, 3.8) is 0 Å². The van der Waals surface area contributed by atoms with E-state index in [0.29, 0.717) is 0 Å². The van der Waals surface area contributed by atoms with Gasteiger partial charge in [-0.2, -0.15) is 0 Å². The molecule has 0 aliphatic rings. The van der Waals surface area contributed by atoms with Gasteiger partial charge in [-0.05, 0) is 0 Å². The molecule has 0 unspecified atom stereocenters. The fraction of sp³-hybridized carbons (Fsp3) is 0.769. The second-order valence-corrected chi connectivity index (χ2v) is 85.1. The summed E-state index contributed by atoms with van der Waals surface area (Å²) in [5, 5.41) is 7.54. The molecule has 0 bridgehead atoms. The monoisotopic (exact) mass is 598 g/mol. The largest absolute Gasteiger partial charge is 0.0774 e. The lowest BCUT2D eigenvalue weighted by Crippen LogP contribution is -2.80. The summed E-state index contributed by atoms with van der Waals surface area (Å²) in [7, 11) is -11.2. The summed E-state index contributed by atoms with van der Waals surface area (Å²) in [5.74, 6) is 0. The minimum Gasteiger partial charge on any atom is -0.0728 e. The molecule has 0 nitrogen and oxygen atoms in total. The first-order chi connectivity index (χ1) is 14.5. The third-order valence-electron chi connectivity index (χ3n) is 11.0. The van der Waals surface area contributed by atoms with Gasteiger partial charge in [0.05, 0.1) is 31.3 Å². The molecule has 8 heteroatoms. The van der Waals surface area contributed by atoms with Crippen LogP contribution >= 0.6 is 0 Å². The Morgan fingerprint density at radius 2 is 0.529 bits per heavy atom. The zero-order valence-corrected chi connectivity index (χ0v) is 35.2.